The summed E-state index contributed by atoms with van der Waals surface area (Å²) in [5, 5.41) is 1.01. The Kier molecular flexibility index (Phi) is 2.21. The highest BCUT2D eigenvalue weighted by molar-refractivity contribution is 7.18. The van der Waals surface area contributed by atoms with Crippen molar-refractivity contribution in [2.24, 2.45) is 0 Å². The van der Waals surface area contributed by atoms with Gasteiger partial charge in [0.05, 0.1) is 15.2 Å². The number of hydrogen-bond donors (Lipinski definition) is 0. The first-order valence-electron chi connectivity index (χ1n) is 4.21. The van der Waals surface area contributed by atoms with Gasteiger partial charge in [-0.1, -0.05) is 0 Å². The minimum absolute atomic E-state index is 0.300. The number of esters is 1. The van der Waals surface area contributed by atoms with Crippen LogP contribution in [-0.4, -0.2) is 11.0 Å². The van der Waals surface area contributed by atoms with Gasteiger partial charge in [0.2, 0.25) is 0 Å². The molecule has 0 fully saturated rings. The molecule has 0 aliphatic heterocycles. The van der Waals surface area contributed by atoms with Crippen molar-refractivity contribution in [2.45, 2.75) is 13.8 Å². The first kappa shape index (κ1) is 9.15. The van der Waals surface area contributed by atoms with Crippen molar-refractivity contribution < 1.29 is 9.53 Å². The Balaban J connectivity index is 2.45. The first-order chi connectivity index (χ1) is 6.65. The molecule has 0 amide bonds. The maximum atomic E-state index is 10.7. The van der Waals surface area contributed by atoms with Crippen molar-refractivity contribution in [3.63, 3.8) is 0 Å². The van der Waals surface area contributed by atoms with Crippen LogP contribution in [0.1, 0.15) is 11.9 Å². The molecular weight excluding hydrogens is 198 g/mol. The van der Waals surface area contributed by atoms with E-state index >= 15 is 0 Å². The second-order valence-corrected chi connectivity index (χ2v) is 4.19. The lowest BCUT2D eigenvalue weighted by Crippen LogP contribution is -2.00. The number of benzene rings is 1. The van der Waals surface area contributed by atoms with E-state index in [4.69, 9.17) is 4.74 Å². The monoisotopic (exact) mass is 207 g/mol. The Bertz CT molecular complexity index is 490. The lowest BCUT2D eigenvalue weighted by molar-refractivity contribution is -0.131. The molecule has 0 N–H and O–H groups in total. The van der Waals surface area contributed by atoms with Gasteiger partial charge < -0.3 is 4.74 Å². The van der Waals surface area contributed by atoms with E-state index in [0.717, 1.165) is 15.2 Å². The van der Waals surface area contributed by atoms with Crippen LogP contribution in [0.5, 0.6) is 5.75 Å². The van der Waals surface area contributed by atoms with Crippen LogP contribution >= 0.6 is 11.3 Å². The van der Waals surface area contributed by atoms with Crippen LogP contribution in [0.4, 0.5) is 0 Å². The van der Waals surface area contributed by atoms with Gasteiger partial charge in [0, 0.05) is 13.0 Å². The number of carbonyl (C=O) groups is 1. The van der Waals surface area contributed by atoms with E-state index < -0.39 is 0 Å². The second-order valence-electron chi connectivity index (χ2n) is 2.96. The van der Waals surface area contributed by atoms with Gasteiger partial charge >= 0.3 is 5.97 Å². The molecule has 0 aliphatic carbocycles. The third-order valence-electron chi connectivity index (χ3n) is 1.73. The molecule has 0 aliphatic rings. The zero-order chi connectivity index (χ0) is 10.1. The molecule has 0 spiro atoms. The fourth-order valence-corrected chi connectivity index (χ4v) is 2.11. The van der Waals surface area contributed by atoms with Crippen molar-refractivity contribution in [1.29, 1.82) is 0 Å². The number of hydrogen-bond acceptors (Lipinski definition) is 4. The zero-order valence-electron chi connectivity index (χ0n) is 7.90. The highest BCUT2D eigenvalue weighted by Crippen LogP contribution is 2.25. The van der Waals surface area contributed by atoms with Crippen LogP contribution in [0.25, 0.3) is 10.2 Å². The molecule has 72 valence electrons. The van der Waals surface area contributed by atoms with Crippen molar-refractivity contribution in [3.05, 3.63) is 23.2 Å². The maximum Gasteiger partial charge on any atom is 0.308 e. The summed E-state index contributed by atoms with van der Waals surface area (Å²) in [4.78, 5) is 15.0. The van der Waals surface area contributed by atoms with Crippen LogP contribution in [0.15, 0.2) is 18.2 Å². The van der Waals surface area contributed by atoms with Gasteiger partial charge in [0.1, 0.15) is 5.75 Å². The second kappa shape index (κ2) is 3.38. The molecule has 1 aromatic heterocycles. The van der Waals surface area contributed by atoms with Crippen molar-refractivity contribution >= 4 is 27.5 Å². The van der Waals surface area contributed by atoms with E-state index in [1.807, 2.05) is 19.1 Å². The normalized spacial score (nSPS) is 10.4. The number of ether oxygens (including phenoxy) is 1. The van der Waals surface area contributed by atoms with Gasteiger partial charge in [0.15, 0.2) is 0 Å². The molecule has 0 saturated carbocycles. The number of fused-ring (bicyclic) bond motifs is 1. The zero-order valence-corrected chi connectivity index (χ0v) is 8.72. The Morgan fingerprint density at radius 3 is 3.00 bits per heavy atom. The van der Waals surface area contributed by atoms with E-state index in [1.54, 1.807) is 17.4 Å². The summed E-state index contributed by atoms with van der Waals surface area (Å²) >= 11 is 1.59. The van der Waals surface area contributed by atoms with Gasteiger partial charge in [-0.05, 0) is 19.1 Å². The van der Waals surface area contributed by atoms with Gasteiger partial charge in [-0.2, -0.15) is 0 Å². The molecule has 1 heterocycles. The lowest BCUT2D eigenvalue weighted by Gasteiger charge is -1.99. The third-order valence-corrected chi connectivity index (χ3v) is 2.66. The standard InChI is InChI=1S/C10H9NO2S/c1-6-11-9-4-3-8(13-7(2)12)5-10(9)14-6/h3-5H,1-2H3. The number of carbonyl (C=O) groups excluding carboxylic acids is 1. The molecule has 4 heteroatoms. The summed E-state index contributed by atoms with van der Waals surface area (Å²) in [5.74, 6) is 0.277. The minimum Gasteiger partial charge on any atom is -0.427 e. The predicted octanol–water partition coefficient (Wildman–Crippen LogP) is 2.53. The average Bonchev–Trinajstić information content (AvgIpc) is 2.42. The fourth-order valence-electron chi connectivity index (χ4n) is 1.25. The van der Waals surface area contributed by atoms with Gasteiger partial charge in [-0.3, -0.25) is 4.79 Å². The smallest absolute Gasteiger partial charge is 0.308 e. The molecule has 14 heavy (non-hydrogen) atoms. The summed E-state index contributed by atoms with van der Waals surface area (Å²) in [6.45, 7) is 3.35. The highest BCUT2D eigenvalue weighted by Gasteiger charge is 2.03. The van der Waals surface area contributed by atoms with Crippen molar-refractivity contribution in [2.75, 3.05) is 0 Å². The molecule has 3 nitrogen and oxygen atoms in total. The number of aryl methyl sites for hydroxylation is 1. The Labute approximate surface area is 85.3 Å². The van der Waals surface area contributed by atoms with Gasteiger partial charge in [-0.15, -0.1) is 11.3 Å². The molecule has 2 rings (SSSR count). The maximum absolute atomic E-state index is 10.7. The summed E-state index contributed by atoms with van der Waals surface area (Å²) in [6.07, 6.45) is 0. The number of aromatic nitrogens is 1. The van der Waals surface area contributed by atoms with Crippen LogP contribution in [0.2, 0.25) is 0 Å². The number of thiazole rings is 1. The Morgan fingerprint density at radius 2 is 2.29 bits per heavy atom. The lowest BCUT2D eigenvalue weighted by atomic mass is 10.3. The predicted molar refractivity (Wildman–Crippen MR) is 55.7 cm³/mol. The van der Waals surface area contributed by atoms with Gasteiger partial charge in [-0.25, -0.2) is 4.98 Å². The molecule has 0 bridgehead atoms. The fraction of sp³-hybridized carbons (Fsp3) is 0.200. The molecule has 1 aromatic carbocycles. The molecule has 0 saturated heterocycles. The van der Waals surface area contributed by atoms with Gasteiger partial charge in [0.25, 0.3) is 0 Å². The Morgan fingerprint density at radius 1 is 1.50 bits per heavy atom. The molecular formula is C10H9NO2S. The summed E-state index contributed by atoms with van der Waals surface area (Å²) in [5.41, 5.74) is 0.948. The first-order valence-corrected chi connectivity index (χ1v) is 5.02. The van der Waals surface area contributed by atoms with Crippen LogP contribution in [-0.2, 0) is 4.79 Å². The summed E-state index contributed by atoms with van der Waals surface area (Å²) in [6, 6.07) is 5.45. The highest BCUT2D eigenvalue weighted by atomic mass is 32.1. The van der Waals surface area contributed by atoms with E-state index in [0.29, 0.717) is 5.75 Å². The van der Waals surface area contributed by atoms with Crippen LogP contribution < -0.4 is 4.74 Å². The van der Waals surface area contributed by atoms with E-state index in [2.05, 4.69) is 4.98 Å². The third kappa shape index (κ3) is 1.75. The SMILES string of the molecule is CC(=O)Oc1ccc2nc(C)sc2c1. The minimum atomic E-state index is -0.300. The summed E-state index contributed by atoms with van der Waals surface area (Å²) < 4.78 is 6.01. The number of nitrogens with zero attached hydrogens (tertiary/aromatic N) is 1. The molecule has 2 aromatic rings. The van der Waals surface area contributed by atoms with E-state index in [9.17, 15) is 4.79 Å². The largest absolute Gasteiger partial charge is 0.427 e. The van der Waals surface area contributed by atoms with Crippen molar-refractivity contribution in [1.82, 2.24) is 4.98 Å². The Hall–Kier alpha value is -1.42. The quantitative estimate of drug-likeness (QED) is 0.533. The van der Waals surface area contributed by atoms with E-state index in [1.165, 1.54) is 6.92 Å². The number of rotatable bonds is 1. The topological polar surface area (TPSA) is 39.2 Å². The average molecular weight is 207 g/mol. The molecule has 0 unspecified atom stereocenters. The summed E-state index contributed by atoms with van der Waals surface area (Å²) in [7, 11) is 0. The molecule has 0 atom stereocenters. The molecule has 0 radical (unpaired) electrons. The van der Waals surface area contributed by atoms with Crippen LogP contribution in [0, 0.1) is 6.92 Å². The van der Waals surface area contributed by atoms with E-state index in [-0.39, 0.29) is 5.97 Å². The van der Waals surface area contributed by atoms with Crippen LogP contribution in [0.3, 0.4) is 0 Å². The van der Waals surface area contributed by atoms with Crippen molar-refractivity contribution in [3.8, 4) is 5.75 Å².